The zero-order chi connectivity index (χ0) is 15.1. The molecule has 5 nitrogen and oxygen atoms in total. The van der Waals surface area contributed by atoms with Gasteiger partial charge in [-0.15, -0.1) is 0 Å². The van der Waals surface area contributed by atoms with E-state index in [1.54, 1.807) is 4.90 Å². The molecule has 0 aromatic rings. The van der Waals surface area contributed by atoms with Crippen molar-refractivity contribution in [2.45, 2.75) is 46.6 Å². The summed E-state index contributed by atoms with van der Waals surface area (Å²) in [6.45, 7) is 11.1. The van der Waals surface area contributed by atoms with Crippen molar-refractivity contribution in [1.29, 1.82) is 0 Å². The number of ketones is 1. The van der Waals surface area contributed by atoms with Crippen molar-refractivity contribution in [3.05, 3.63) is 0 Å². The number of carbonyl (C=O) groups excluding carboxylic acids is 2. The molecule has 0 aromatic carbocycles. The van der Waals surface area contributed by atoms with Gasteiger partial charge < -0.3 is 9.64 Å². The lowest BCUT2D eigenvalue weighted by Gasteiger charge is -2.37. The number of carbonyl (C=O) groups is 2. The Balaban J connectivity index is 2.36. The fraction of sp³-hybridized carbons (Fsp3) is 0.867. The molecule has 1 atom stereocenters. The first-order valence-corrected chi connectivity index (χ1v) is 7.66. The maximum absolute atomic E-state index is 12.0. The van der Waals surface area contributed by atoms with Crippen molar-refractivity contribution < 1.29 is 14.3 Å². The van der Waals surface area contributed by atoms with Crippen LogP contribution < -0.4 is 0 Å². The van der Waals surface area contributed by atoms with Gasteiger partial charge in [0.2, 0.25) is 0 Å². The molecule has 0 saturated carbocycles. The van der Waals surface area contributed by atoms with E-state index < -0.39 is 0 Å². The van der Waals surface area contributed by atoms with Gasteiger partial charge >= 0.3 is 6.09 Å². The smallest absolute Gasteiger partial charge is 0.409 e. The fourth-order valence-electron chi connectivity index (χ4n) is 2.35. The van der Waals surface area contributed by atoms with Gasteiger partial charge in [0, 0.05) is 32.1 Å². The number of nitrogens with zero attached hydrogens (tertiary/aromatic N) is 2. The molecule has 0 spiro atoms. The topological polar surface area (TPSA) is 49.9 Å². The molecule has 0 aromatic heterocycles. The Hall–Kier alpha value is -1.10. The number of amides is 1. The van der Waals surface area contributed by atoms with Crippen LogP contribution in [0.5, 0.6) is 0 Å². The van der Waals surface area contributed by atoms with Crippen LogP contribution in [0.4, 0.5) is 4.79 Å². The molecular weight excluding hydrogens is 256 g/mol. The van der Waals surface area contributed by atoms with E-state index in [4.69, 9.17) is 4.74 Å². The number of ether oxygens (including phenoxy) is 1. The highest BCUT2D eigenvalue weighted by Gasteiger charge is 2.28. The third-order valence-electron chi connectivity index (χ3n) is 3.82. The summed E-state index contributed by atoms with van der Waals surface area (Å²) in [6.07, 6.45) is 1.71. The molecule has 0 N–H and O–H groups in total. The molecule has 0 aliphatic carbocycles. The van der Waals surface area contributed by atoms with Crippen LogP contribution in [-0.4, -0.2) is 60.5 Å². The predicted molar refractivity (Wildman–Crippen MR) is 78.7 cm³/mol. The minimum atomic E-state index is -0.221. The van der Waals surface area contributed by atoms with Crippen molar-refractivity contribution >= 4 is 11.9 Å². The first-order chi connectivity index (χ1) is 9.47. The number of rotatable bonds is 6. The third-order valence-corrected chi connectivity index (χ3v) is 3.82. The molecular formula is C15H28N2O3. The van der Waals surface area contributed by atoms with Crippen molar-refractivity contribution in [3.8, 4) is 0 Å². The molecule has 1 saturated heterocycles. The number of hydrogen-bond acceptors (Lipinski definition) is 4. The van der Waals surface area contributed by atoms with Crippen LogP contribution in [0, 0.1) is 5.92 Å². The van der Waals surface area contributed by atoms with Crippen molar-refractivity contribution in [3.63, 3.8) is 0 Å². The average molecular weight is 284 g/mol. The van der Waals surface area contributed by atoms with Crippen LogP contribution in [0.15, 0.2) is 0 Å². The van der Waals surface area contributed by atoms with Crippen molar-refractivity contribution in [1.82, 2.24) is 9.80 Å². The van der Waals surface area contributed by atoms with Gasteiger partial charge in [0.25, 0.3) is 0 Å². The van der Waals surface area contributed by atoms with Gasteiger partial charge in [-0.05, 0) is 13.3 Å². The Morgan fingerprint density at radius 3 is 2.20 bits per heavy atom. The molecule has 1 amide bonds. The first-order valence-electron chi connectivity index (χ1n) is 7.66. The standard InChI is InChI=1S/C15H28N2O3/c1-5-6-11-20-15(19)17-9-7-16(8-10-17)13(4)14(18)12(2)3/h12-13H,5-11H2,1-4H3/t13-/m1/s1. The Bertz CT molecular complexity index is 323. The maximum atomic E-state index is 12.0. The fourth-order valence-corrected chi connectivity index (χ4v) is 2.35. The van der Waals surface area contributed by atoms with Crippen LogP contribution in [-0.2, 0) is 9.53 Å². The Morgan fingerprint density at radius 1 is 1.10 bits per heavy atom. The van der Waals surface area contributed by atoms with Gasteiger partial charge in [0.1, 0.15) is 0 Å². The van der Waals surface area contributed by atoms with Gasteiger partial charge in [-0.3, -0.25) is 9.69 Å². The Morgan fingerprint density at radius 2 is 1.70 bits per heavy atom. The first kappa shape index (κ1) is 17.0. The highest BCUT2D eigenvalue weighted by atomic mass is 16.6. The molecule has 20 heavy (non-hydrogen) atoms. The van der Waals surface area contributed by atoms with Gasteiger partial charge in [-0.25, -0.2) is 4.79 Å². The second-order valence-electron chi connectivity index (χ2n) is 5.72. The minimum absolute atomic E-state index is 0.0574. The van der Waals surface area contributed by atoms with E-state index in [1.165, 1.54) is 0 Å². The SMILES string of the molecule is CCCCOC(=O)N1CCN([C@H](C)C(=O)C(C)C)CC1. The van der Waals surface area contributed by atoms with Crippen LogP contribution in [0.1, 0.15) is 40.5 Å². The van der Waals surface area contributed by atoms with Gasteiger partial charge in [-0.1, -0.05) is 27.2 Å². The van der Waals surface area contributed by atoms with Gasteiger partial charge in [-0.2, -0.15) is 0 Å². The Labute approximate surface area is 122 Å². The van der Waals surface area contributed by atoms with Crippen LogP contribution >= 0.6 is 0 Å². The lowest BCUT2D eigenvalue weighted by molar-refractivity contribution is -0.127. The number of unbranched alkanes of at least 4 members (excludes halogenated alkanes) is 1. The molecule has 1 fully saturated rings. The van der Waals surface area contributed by atoms with Crippen molar-refractivity contribution in [2.24, 2.45) is 5.92 Å². The van der Waals surface area contributed by atoms with E-state index in [1.807, 2.05) is 20.8 Å². The summed E-state index contributed by atoms with van der Waals surface area (Å²) < 4.78 is 5.20. The Kier molecular flexibility index (Phi) is 6.99. The summed E-state index contributed by atoms with van der Waals surface area (Å²) >= 11 is 0. The van der Waals surface area contributed by atoms with Gasteiger partial charge in [0.15, 0.2) is 5.78 Å². The van der Waals surface area contributed by atoms with E-state index >= 15 is 0 Å². The monoisotopic (exact) mass is 284 g/mol. The summed E-state index contributed by atoms with van der Waals surface area (Å²) in [4.78, 5) is 27.7. The number of Topliss-reactive ketones (excluding diaryl/α,β-unsaturated/α-hetero) is 1. The van der Waals surface area contributed by atoms with Crippen LogP contribution in [0.25, 0.3) is 0 Å². The molecule has 1 heterocycles. The minimum Gasteiger partial charge on any atom is -0.449 e. The number of piperazine rings is 1. The molecule has 116 valence electrons. The average Bonchev–Trinajstić information content (AvgIpc) is 2.46. The number of hydrogen-bond donors (Lipinski definition) is 0. The summed E-state index contributed by atoms with van der Waals surface area (Å²) in [6, 6.07) is -0.0618. The molecule has 1 rings (SSSR count). The van der Waals surface area contributed by atoms with E-state index in [-0.39, 0.29) is 23.8 Å². The maximum Gasteiger partial charge on any atom is 0.409 e. The van der Waals surface area contributed by atoms with E-state index in [9.17, 15) is 9.59 Å². The molecule has 1 aliphatic rings. The van der Waals surface area contributed by atoms with E-state index in [0.717, 1.165) is 25.9 Å². The van der Waals surface area contributed by atoms with E-state index in [2.05, 4.69) is 11.8 Å². The highest BCUT2D eigenvalue weighted by molar-refractivity contribution is 5.85. The second kappa shape index (κ2) is 8.25. The highest BCUT2D eigenvalue weighted by Crippen LogP contribution is 2.11. The molecule has 5 heteroatoms. The summed E-state index contributed by atoms with van der Waals surface area (Å²) in [5, 5.41) is 0. The summed E-state index contributed by atoms with van der Waals surface area (Å²) in [5.41, 5.74) is 0. The normalized spacial score (nSPS) is 18.1. The lowest BCUT2D eigenvalue weighted by atomic mass is 10.0. The zero-order valence-electron chi connectivity index (χ0n) is 13.2. The summed E-state index contributed by atoms with van der Waals surface area (Å²) in [5.74, 6) is 0.325. The third kappa shape index (κ3) is 4.78. The van der Waals surface area contributed by atoms with Crippen LogP contribution in [0.3, 0.4) is 0 Å². The largest absolute Gasteiger partial charge is 0.449 e. The van der Waals surface area contributed by atoms with Crippen LogP contribution in [0.2, 0.25) is 0 Å². The van der Waals surface area contributed by atoms with Gasteiger partial charge in [0.05, 0.1) is 12.6 Å². The summed E-state index contributed by atoms with van der Waals surface area (Å²) in [7, 11) is 0. The molecule has 1 aliphatic heterocycles. The van der Waals surface area contributed by atoms with Crippen molar-refractivity contribution in [2.75, 3.05) is 32.8 Å². The zero-order valence-corrected chi connectivity index (χ0v) is 13.2. The molecule has 0 radical (unpaired) electrons. The second-order valence-corrected chi connectivity index (χ2v) is 5.72. The quantitative estimate of drug-likeness (QED) is 0.701. The predicted octanol–water partition coefficient (Wildman–Crippen LogP) is 2.15. The molecule has 0 bridgehead atoms. The lowest BCUT2D eigenvalue weighted by Crippen LogP contribution is -2.53. The molecule has 0 unspecified atom stereocenters. The van der Waals surface area contributed by atoms with E-state index in [0.29, 0.717) is 19.7 Å².